The molecular formula is C16H17F3N4O2S. The van der Waals surface area contributed by atoms with Crippen LogP contribution in [-0.2, 0) is 6.18 Å². The lowest BCUT2D eigenvalue weighted by Gasteiger charge is -2.32. The number of anilines is 1. The minimum absolute atomic E-state index is 0. The van der Waals surface area contributed by atoms with E-state index in [2.05, 4.69) is 10.3 Å². The van der Waals surface area contributed by atoms with Crippen molar-refractivity contribution in [3.05, 3.63) is 46.8 Å². The highest BCUT2D eigenvalue weighted by Gasteiger charge is 2.35. The number of oxime groups is 1. The lowest BCUT2D eigenvalue weighted by Crippen LogP contribution is -2.43. The van der Waals surface area contributed by atoms with Crippen molar-refractivity contribution in [1.29, 1.82) is 0 Å². The van der Waals surface area contributed by atoms with Gasteiger partial charge in [0.15, 0.2) is 0 Å². The second-order valence-corrected chi connectivity index (χ2v) is 5.90. The van der Waals surface area contributed by atoms with Crippen LogP contribution in [0.4, 0.5) is 18.9 Å². The molecule has 2 heterocycles. The Morgan fingerprint density at radius 2 is 2.08 bits per heavy atom. The smallest absolute Gasteiger partial charge is 0.411 e. The lowest BCUT2D eigenvalue weighted by atomic mass is 10.1. The molecule has 0 bridgehead atoms. The van der Waals surface area contributed by atoms with Crippen LogP contribution in [0.3, 0.4) is 0 Å². The average molecular weight is 386 g/mol. The molecule has 0 fully saturated rings. The van der Waals surface area contributed by atoms with Crippen LogP contribution < -0.4 is 4.90 Å². The quantitative estimate of drug-likeness (QED) is 0.489. The average Bonchev–Trinajstić information content (AvgIpc) is 2.94. The van der Waals surface area contributed by atoms with Gasteiger partial charge in [-0.25, -0.2) is 0 Å². The number of hydrogen-bond donors (Lipinski definition) is 1. The molecule has 0 saturated carbocycles. The second kappa shape index (κ2) is 7.02. The van der Waals surface area contributed by atoms with Crippen molar-refractivity contribution in [1.82, 2.24) is 9.78 Å². The third kappa shape index (κ3) is 3.28. The van der Waals surface area contributed by atoms with Gasteiger partial charge in [-0.2, -0.15) is 31.8 Å². The normalized spacial score (nSPS) is 17.3. The number of amides is 1. The number of aromatic nitrogens is 2. The van der Waals surface area contributed by atoms with Crippen molar-refractivity contribution < 1.29 is 23.2 Å². The maximum atomic E-state index is 12.9. The fraction of sp³-hybridized carbons (Fsp3) is 0.312. The molecule has 0 aliphatic carbocycles. The summed E-state index contributed by atoms with van der Waals surface area (Å²) in [6.07, 6.45) is -1.93. The van der Waals surface area contributed by atoms with Gasteiger partial charge in [0.25, 0.3) is 5.91 Å². The Labute approximate surface area is 154 Å². The van der Waals surface area contributed by atoms with Crippen molar-refractivity contribution in [3.63, 3.8) is 0 Å². The van der Waals surface area contributed by atoms with Gasteiger partial charge in [-0.15, -0.1) is 0 Å². The minimum atomic E-state index is -4.44. The number of rotatable bonds is 2. The van der Waals surface area contributed by atoms with Crippen molar-refractivity contribution in [2.24, 2.45) is 5.16 Å². The Morgan fingerprint density at radius 3 is 2.65 bits per heavy atom. The SMILES string of the molecule is Cc1cc(N2C[C@H](C)n3ncc(/C=N/O)c3C2=O)ccc1C(F)(F)F.S. The predicted molar refractivity (Wildman–Crippen MR) is 94.6 cm³/mol. The molecule has 140 valence electrons. The Balaban J connectivity index is 0.00000243. The zero-order valence-electron chi connectivity index (χ0n) is 13.9. The Bertz CT molecular complexity index is 864. The van der Waals surface area contributed by atoms with Crippen LogP contribution in [0, 0.1) is 6.92 Å². The molecule has 10 heteroatoms. The summed E-state index contributed by atoms with van der Waals surface area (Å²) in [5.41, 5.74) is 0.261. The second-order valence-electron chi connectivity index (χ2n) is 5.90. The highest BCUT2D eigenvalue weighted by molar-refractivity contribution is 7.59. The van der Waals surface area contributed by atoms with Crippen molar-refractivity contribution in [2.75, 3.05) is 11.4 Å². The molecule has 6 nitrogen and oxygen atoms in total. The van der Waals surface area contributed by atoms with E-state index in [1.54, 1.807) is 0 Å². The van der Waals surface area contributed by atoms with Crippen molar-refractivity contribution >= 4 is 31.3 Å². The van der Waals surface area contributed by atoms with Crippen LogP contribution in [0.2, 0.25) is 0 Å². The number of nitrogens with zero attached hydrogens (tertiary/aromatic N) is 4. The van der Waals surface area contributed by atoms with E-state index in [9.17, 15) is 18.0 Å². The van der Waals surface area contributed by atoms with Crippen molar-refractivity contribution in [3.8, 4) is 0 Å². The Kier molecular flexibility index (Phi) is 5.36. The van der Waals surface area contributed by atoms with Gasteiger partial charge in [0.1, 0.15) is 5.69 Å². The van der Waals surface area contributed by atoms with Crippen LogP contribution in [0.15, 0.2) is 29.6 Å². The van der Waals surface area contributed by atoms with E-state index in [1.807, 2.05) is 6.92 Å². The monoisotopic (exact) mass is 386 g/mol. The van der Waals surface area contributed by atoms with Gasteiger partial charge in [-0.3, -0.25) is 9.48 Å². The molecule has 1 atom stereocenters. The van der Waals surface area contributed by atoms with E-state index in [1.165, 1.54) is 34.8 Å². The van der Waals surface area contributed by atoms with E-state index < -0.39 is 17.6 Å². The number of halogens is 3. The zero-order chi connectivity index (χ0) is 18.4. The van der Waals surface area contributed by atoms with E-state index in [0.717, 1.165) is 12.3 Å². The predicted octanol–water partition coefficient (Wildman–Crippen LogP) is 3.35. The molecule has 1 aromatic carbocycles. The van der Waals surface area contributed by atoms with Crippen LogP contribution in [0.5, 0.6) is 0 Å². The summed E-state index contributed by atoms with van der Waals surface area (Å²) in [4.78, 5) is 14.2. The molecule has 1 amide bonds. The fourth-order valence-electron chi connectivity index (χ4n) is 3.00. The van der Waals surface area contributed by atoms with Gasteiger partial charge < -0.3 is 10.1 Å². The first-order valence-electron chi connectivity index (χ1n) is 7.48. The van der Waals surface area contributed by atoms with E-state index in [4.69, 9.17) is 5.21 Å². The van der Waals surface area contributed by atoms with Crippen LogP contribution in [0.25, 0.3) is 0 Å². The van der Waals surface area contributed by atoms with E-state index in [0.29, 0.717) is 11.3 Å². The maximum absolute atomic E-state index is 12.9. The molecule has 0 radical (unpaired) electrons. The lowest BCUT2D eigenvalue weighted by molar-refractivity contribution is -0.138. The third-order valence-corrected chi connectivity index (χ3v) is 4.16. The summed E-state index contributed by atoms with van der Waals surface area (Å²) in [6.45, 7) is 3.47. The number of carbonyl (C=O) groups excluding carboxylic acids is 1. The maximum Gasteiger partial charge on any atom is 0.416 e. The molecule has 0 unspecified atom stereocenters. The molecule has 2 aromatic rings. The molecule has 0 saturated heterocycles. The molecular weight excluding hydrogens is 369 g/mol. The summed E-state index contributed by atoms with van der Waals surface area (Å²) < 4.78 is 40.3. The largest absolute Gasteiger partial charge is 0.416 e. The first kappa shape index (κ1) is 19.8. The molecule has 1 aromatic heterocycles. The zero-order valence-corrected chi connectivity index (χ0v) is 14.9. The van der Waals surface area contributed by atoms with Gasteiger partial charge >= 0.3 is 6.18 Å². The molecule has 1 aliphatic rings. The number of carbonyl (C=O) groups is 1. The third-order valence-electron chi connectivity index (χ3n) is 4.16. The van der Waals surface area contributed by atoms with E-state index >= 15 is 0 Å². The standard InChI is InChI=1S/C16H15F3N4O2.H2S/c1-9-5-12(3-4-13(9)16(17,18)19)22-8-10(2)23-14(15(22)24)11(6-20-23)7-21-25;/h3-7,10,25H,8H2,1-2H3;1H2/b21-7+;/t10-;/m0./s1. The fourth-order valence-corrected chi connectivity index (χ4v) is 3.00. The summed E-state index contributed by atoms with van der Waals surface area (Å²) in [7, 11) is 0. The van der Waals surface area contributed by atoms with Crippen LogP contribution >= 0.6 is 13.5 Å². The van der Waals surface area contributed by atoms with Gasteiger partial charge in [0.2, 0.25) is 0 Å². The van der Waals surface area contributed by atoms with E-state index in [-0.39, 0.29) is 37.3 Å². The summed E-state index contributed by atoms with van der Waals surface area (Å²) in [5, 5.41) is 15.8. The molecule has 3 rings (SSSR count). The number of aryl methyl sites for hydroxylation is 1. The first-order chi connectivity index (χ1) is 11.7. The molecule has 0 spiro atoms. The highest BCUT2D eigenvalue weighted by Crippen LogP contribution is 2.35. The topological polar surface area (TPSA) is 70.7 Å². The number of benzene rings is 1. The van der Waals surface area contributed by atoms with Gasteiger partial charge in [-0.1, -0.05) is 5.16 Å². The Morgan fingerprint density at radius 1 is 1.38 bits per heavy atom. The van der Waals surface area contributed by atoms with Crippen LogP contribution in [-0.4, -0.2) is 33.7 Å². The molecule has 1 N–H and O–H groups in total. The number of hydrogen-bond acceptors (Lipinski definition) is 4. The molecule has 1 aliphatic heterocycles. The van der Waals surface area contributed by atoms with Gasteiger partial charge in [0, 0.05) is 17.8 Å². The first-order valence-corrected chi connectivity index (χ1v) is 7.48. The van der Waals surface area contributed by atoms with Crippen LogP contribution in [0.1, 0.15) is 40.1 Å². The summed E-state index contributed by atoms with van der Waals surface area (Å²) >= 11 is 0. The highest BCUT2D eigenvalue weighted by atomic mass is 32.1. The Hall–Kier alpha value is -2.49. The summed E-state index contributed by atoms with van der Waals surface area (Å²) in [6, 6.07) is 3.42. The number of alkyl halides is 3. The summed E-state index contributed by atoms with van der Waals surface area (Å²) in [5.74, 6) is -0.412. The minimum Gasteiger partial charge on any atom is -0.411 e. The van der Waals surface area contributed by atoms with Gasteiger partial charge in [-0.05, 0) is 37.6 Å². The molecule has 26 heavy (non-hydrogen) atoms. The van der Waals surface area contributed by atoms with Crippen molar-refractivity contribution in [2.45, 2.75) is 26.1 Å². The number of fused-ring (bicyclic) bond motifs is 1. The van der Waals surface area contributed by atoms with Gasteiger partial charge in [0.05, 0.1) is 24.0 Å².